The molecule has 3 rings (SSSR count). The van der Waals surface area contributed by atoms with Crippen LogP contribution in [-0.4, -0.2) is 17.5 Å². The molecule has 0 saturated heterocycles. The Bertz CT molecular complexity index is 832. The van der Waals surface area contributed by atoms with Crippen LogP contribution in [0.25, 0.3) is 10.2 Å². The molecule has 0 saturated carbocycles. The Hall–Kier alpha value is -1.67. The second kappa shape index (κ2) is 6.62. The van der Waals surface area contributed by atoms with Gasteiger partial charge in [0.15, 0.2) is 5.13 Å². The van der Waals surface area contributed by atoms with E-state index >= 15 is 0 Å². The predicted molar refractivity (Wildman–Crippen MR) is 97.9 cm³/mol. The molecule has 0 atom stereocenters. The fourth-order valence-corrected chi connectivity index (χ4v) is 3.45. The molecule has 0 aliphatic heterocycles. The van der Waals surface area contributed by atoms with Crippen molar-refractivity contribution in [2.45, 2.75) is 6.92 Å². The number of aromatic nitrogens is 1. The van der Waals surface area contributed by atoms with Crippen LogP contribution in [0.5, 0.6) is 5.75 Å². The molecule has 0 aliphatic rings. The van der Waals surface area contributed by atoms with Crippen LogP contribution >= 0.6 is 33.9 Å². The molecular weight excluding hydrogens is 411 g/mol. The van der Waals surface area contributed by atoms with E-state index in [0.29, 0.717) is 17.3 Å². The van der Waals surface area contributed by atoms with E-state index in [4.69, 9.17) is 4.74 Å². The van der Waals surface area contributed by atoms with Gasteiger partial charge in [-0.05, 0) is 65.9 Å². The van der Waals surface area contributed by atoms with Crippen molar-refractivity contribution in [3.8, 4) is 5.75 Å². The largest absolute Gasteiger partial charge is 0.494 e. The molecule has 0 fully saturated rings. The maximum Gasteiger partial charge on any atom is 0.257 e. The summed E-state index contributed by atoms with van der Waals surface area (Å²) >= 11 is 3.63. The first-order valence-electron chi connectivity index (χ1n) is 6.76. The van der Waals surface area contributed by atoms with Gasteiger partial charge in [-0.15, -0.1) is 0 Å². The number of carbonyl (C=O) groups is 1. The number of halogens is 1. The van der Waals surface area contributed by atoms with Crippen LogP contribution in [0.4, 0.5) is 5.13 Å². The summed E-state index contributed by atoms with van der Waals surface area (Å²) in [5.41, 5.74) is 1.48. The van der Waals surface area contributed by atoms with Crippen LogP contribution in [0.1, 0.15) is 17.3 Å². The molecule has 0 bridgehead atoms. The van der Waals surface area contributed by atoms with Crippen molar-refractivity contribution in [3.63, 3.8) is 0 Å². The van der Waals surface area contributed by atoms with Gasteiger partial charge in [0.05, 0.1) is 16.8 Å². The van der Waals surface area contributed by atoms with Gasteiger partial charge in [0, 0.05) is 9.13 Å². The number of rotatable bonds is 4. The smallest absolute Gasteiger partial charge is 0.257 e. The monoisotopic (exact) mass is 424 g/mol. The Kier molecular flexibility index (Phi) is 4.58. The SMILES string of the molecule is CCOc1ccc2nc(NC(=O)c3cccc(I)c3)sc2c1. The summed E-state index contributed by atoms with van der Waals surface area (Å²) < 4.78 is 7.49. The van der Waals surface area contributed by atoms with E-state index in [1.165, 1.54) is 11.3 Å². The summed E-state index contributed by atoms with van der Waals surface area (Å²) in [5.74, 6) is 0.664. The van der Waals surface area contributed by atoms with Crippen molar-refractivity contribution in [3.05, 3.63) is 51.6 Å². The molecule has 6 heteroatoms. The lowest BCUT2D eigenvalue weighted by Crippen LogP contribution is -2.11. The van der Waals surface area contributed by atoms with Gasteiger partial charge < -0.3 is 4.74 Å². The third-order valence-corrected chi connectivity index (χ3v) is 4.58. The van der Waals surface area contributed by atoms with Crippen LogP contribution in [0.2, 0.25) is 0 Å². The molecule has 22 heavy (non-hydrogen) atoms. The summed E-state index contributed by atoms with van der Waals surface area (Å²) in [6.07, 6.45) is 0. The minimum absolute atomic E-state index is 0.150. The summed E-state index contributed by atoms with van der Waals surface area (Å²) in [6, 6.07) is 13.2. The average Bonchev–Trinajstić information content (AvgIpc) is 2.89. The number of hydrogen-bond donors (Lipinski definition) is 1. The predicted octanol–water partition coefficient (Wildman–Crippen LogP) is 4.55. The summed E-state index contributed by atoms with van der Waals surface area (Å²) in [7, 11) is 0. The van der Waals surface area contributed by atoms with Crippen molar-refractivity contribution in [1.82, 2.24) is 4.98 Å². The molecule has 0 radical (unpaired) electrons. The maximum atomic E-state index is 12.2. The Balaban J connectivity index is 1.83. The van der Waals surface area contributed by atoms with Crippen LogP contribution in [-0.2, 0) is 0 Å². The lowest BCUT2D eigenvalue weighted by Gasteiger charge is -2.01. The molecule has 0 spiro atoms. The Morgan fingerprint density at radius 3 is 2.95 bits per heavy atom. The summed E-state index contributed by atoms with van der Waals surface area (Å²) in [4.78, 5) is 16.7. The van der Waals surface area contributed by atoms with E-state index in [1.807, 2.05) is 43.3 Å². The Labute approximate surface area is 145 Å². The highest BCUT2D eigenvalue weighted by atomic mass is 127. The van der Waals surface area contributed by atoms with Crippen molar-refractivity contribution in [2.75, 3.05) is 11.9 Å². The van der Waals surface area contributed by atoms with E-state index in [-0.39, 0.29) is 5.91 Å². The van der Waals surface area contributed by atoms with E-state index in [2.05, 4.69) is 32.9 Å². The molecule has 3 aromatic rings. The van der Waals surface area contributed by atoms with Crippen molar-refractivity contribution >= 4 is 55.2 Å². The van der Waals surface area contributed by atoms with Gasteiger partial charge in [0.1, 0.15) is 5.75 Å². The third kappa shape index (κ3) is 3.38. The van der Waals surface area contributed by atoms with Gasteiger partial charge >= 0.3 is 0 Å². The van der Waals surface area contributed by atoms with Crippen molar-refractivity contribution in [2.24, 2.45) is 0 Å². The minimum Gasteiger partial charge on any atom is -0.494 e. The standard InChI is InChI=1S/C16H13IN2O2S/c1-2-21-12-6-7-13-14(9-12)22-16(18-13)19-15(20)10-4-3-5-11(17)8-10/h3-9H,2H2,1H3,(H,18,19,20). The van der Waals surface area contributed by atoms with Gasteiger partial charge in [-0.3, -0.25) is 10.1 Å². The minimum atomic E-state index is -0.150. The first kappa shape index (κ1) is 15.2. The third-order valence-electron chi connectivity index (χ3n) is 2.98. The van der Waals surface area contributed by atoms with Crippen molar-refractivity contribution in [1.29, 1.82) is 0 Å². The van der Waals surface area contributed by atoms with E-state index < -0.39 is 0 Å². The van der Waals surface area contributed by atoms with Gasteiger partial charge in [-0.2, -0.15) is 0 Å². The molecular formula is C16H13IN2O2S. The highest BCUT2D eigenvalue weighted by Crippen LogP contribution is 2.29. The highest BCUT2D eigenvalue weighted by molar-refractivity contribution is 14.1. The van der Waals surface area contributed by atoms with Crippen LogP contribution < -0.4 is 10.1 Å². The van der Waals surface area contributed by atoms with Gasteiger partial charge in [-0.1, -0.05) is 17.4 Å². The Morgan fingerprint density at radius 2 is 2.18 bits per heavy atom. The second-order valence-corrected chi connectivity index (χ2v) is 6.82. The highest BCUT2D eigenvalue weighted by Gasteiger charge is 2.10. The Morgan fingerprint density at radius 1 is 1.32 bits per heavy atom. The lowest BCUT2D eigenvalue weighted by atomic mass is 10.2. The second-order valence-electron chi connectivity index (χ2n) is 4.55. The first-order valence-corrected chi connectivity index (χ1v) is 8.65. The maximum absolute atomic E-state index is 12.2. The van der Waals surface area contributed by atoms with Crippen LogP contribution in [0.15, 0.2) is 42.5 Å². The molecule has 112 valence electrons. The number of nitrogens with one attached hydrogen (secondary N) is 1. The zero-order chi connectivity index (χ0) is 15.5. The van der Waals surface area contributed by atoms with Crippen LogP contribution in [0.3, 0.4) is 0 Å². The number of fused-ring (bicyclic) bond motifs is 1. The number of nitrogens with zero attached hydrogens (tertiary/aromatic N) is 1. The van der Waals surface area contributed by atoms with Crippen molar-refractivity contribution < 1.29 is 9.53 Å². The molecule has 0 aliphatic carbocycles. The zero-order valence-corrected chi connectivity index (χ0v) is 14.8. The number of benzene rings is 2. The molecule has 1 amide bonds. The van der Waals surface area contributed by atoms with E-state index in [9.17, 15) is 4.79 Å². The van der Waals surface area contributed by atoms with Gasteiger partial charge in [0.2, 0.25) is 0 Å². The molecule has 4 nitrogen and oxygen atoms in total. The molecule has 2 aromatic carbocycles. The fourth-order valence-electron chi connectivity index (χ4n) is 2.01. The topological polar surface area (TPSA) is 51.2 Å². The summed E-state index contributed by atoms with van der Waals surface area (Å²) in [6.45, 7) is 2.57. The number of thiazole rings is 1. The van der Waals surface area contributed by atoms with Gasteiger partial charge in [0.25, 0.3) is 5.91 Å². The average molecular weight is 424 g/mol. The number of amides is 1. The van der Waals surface area contributed by atoms with E-state index in [1.54, 1.807) is 6.07 Å². The first-order chi connectivity index (χ1) is 10.7. The number of ether oxygens (including phenoxy) is 1. The molecule has 1 aromatic heterocycles. The quantitative estimate of drug-likeness (QED) is 0.626. The normalized spacial score (nSPS) is 10.6. The lowest BCUT2D eigenvalue weighted by molar-refractivity contribution is 0.102. The number of anilines is 1. The number of hydrogen-bond acceptors (Lipinski definition) is 4. The fraction of sp³-hybridized carbons (Fsp3) is 0.125. The molecule has 0 unspecified atom stereocenters. The van der Waals surface area contributed by atoms with Crippen LogP contribution in [0, 0.1) is 3.57 Å². The number of carbonyl (C=O) groups excluding carboxylic acids is 1. The van der Waals surface area contributed by atoms with Gasteiger partial charge in [-0.25, -0.2) is 4.98 Å². The molecule has 1 N–H and O–H groups in total. The zero-order valence-electron chi connectivity index (χ0n) is 11.8. The molecule has 1 heterocycles. The summed E-state index contributed by atoms with van der Waals surface area (Å²) in [5, 5.41) is 3.44. The van der Waals surface area contributed by atoms with E-state index in [0.717, 1.165) is 19.5 Å².